The third-order valence-electron chi connectivity index (χ3n) is 2.56. The van der Waals surface area contributed by atoms with Gasteiger partial charge in [-0.2, -0.15) is 5.26 Å². The summed E-state index contributed by atoms with van der Waals surface area (Å²) in [5.74, 6) is 0. The number of imidazole rings is 1. The second kappa shape index (κ2) is 5.83. The van der Waals surface area contributed by atoms with Crippen molar-refractivity contribution >= 4 is 0 Å². The lowest BCUT2D eigenvalue weighted by Crippen LogP contribution is -2.22. The number of nitrogens with zero attached hydrogens (tertiary/aromatic N) is 2. The maximum absolute atomic E-state index is 9.03. The highest BCUT2D eigenvalue weighted by Crippen LogP contribution is 2.07. The highest BCUT2D eigenvalue weighted by atomic mass is 15.0. The van der Waals surface area contributed by atoms with Crippen LogP contribution in [0, 0.1) is 11.3 Å². The van der Waals surface area contributed by atoms with E-state index in [9.17, 15) is 0 Å². The van der Waals surface area contributed by atoms with Crippen LogP contribution in [0.3, 0.4) is 0 Å². The summed E-state index contributed by atoms with van der Waals surface area (Å²) in [5.41, 5.74) is 2.07. The Bertz CT molecular complexity index is 470. The second-order valence-electron chi connectivity index (χ2n) is 3.76. The van der Waals surface area contributed by atoms with Gasteiger partial charge in [0.15, 0.2) is 0 Å². The van der Waals surface area contributed by atoms with Gasteiger partial charge >= 0.3 is 0 Å². The third kappa shape index (κ3) is 3.16. The summed E-state index contributed by atoms with van der Waals surface area (Å²) in [6.07, 6.45) is 4.16. The van der Waals surface area contributed by atoms with E-state index in [2.05, 4.69) is 33.5 Å². The summed E-state index contributed by atoms with van der Waals surface area (Å²) < 4.78 is 0. The number of hydrogen-bond donors (Lipinski definition) is 2. The molecule has 0 spiro atoms. The molecule has 2 aromatic rings. The van der Waals surface area contributed by atoms with Crippen molar-refractivity contribution in [3.05, 3.63) is 54.1 Å². The molecule has 0 radical (unpaired) electrons. The topological polar surface area (TPSA) is 64.5 Å². The zero-order chi connectivity index (χ0) is 11.9. The van der Waals surface area contributed by atoms with Crippen molar-refractivity contribution in [1.29, 1.82) is 5.26 Å². The molecule has 1 atom stereocenters. The van der Waals surface area contributed by atoms with Crippen LogP contribution in [0.4, 0.5) is 0 Å². The molecule has 1 aromatic carbocycles. The Hall–Kier alpha value is -2.12. The van der Waals surface area contributed by atoms with E-state index in [4.69, 9.17) is 5.26 Å². The summed E-state index contributed by atoms with van der Waals surface area (Å²) in [5, 5.41) is 12.2. The molecule has 17 heavy (non-hydrogen) atoms. The van der Waals surface area contributed by atoms with E-state index >= 15 is 0 Å². The molecule has 0 aliphatic rings. The average Bonchev–Trinajstić information content (AvgIpc) is 2.90. The Labute approximate surface area is 100 Å². The predicted octanol–water partition coefficient (Wildman–Crippen LogP) is 1.81. The molecule has 4 heteroatoms. The van der Waals surface area contributed by atoms with Crippen molar-refractivity contribution in [1.82, 2.24) is 15.3 Å². The van der Waals surface area contributed by atoms with Crippen molar-refractivity contribution in [3.8, 4) is 6.07 Å². The van der Waals surface area contributed by atoms with Gasteiger partial charge in [-0.25, -0.2) is 4.98 Å². The highest BCUT2D eigenvalue weighted by molar-refractivity contribution is 5.16. The predicted molar refractivity (Wildman–Crippen MR) is 65.1 cm³/mol. The van der Waals surface area contributed by atoms with Crippen LogP contribution >= 0.6 is 0 Å². The first-order chi connectivity index (χ1) is 8.40. The minimum absolute atomic E-state index is 0.318. The third-order valence-corrected chi connectivity index (χ3v) is 2.56. The molecule has 0 bridgehead atoms. The number of rotatable bonds is 5. The van der Waals surface area contributed by atoms with Crippen LogP contribution in [0.1, 0.15) is 17.3 Å². The summed E-state index contributed by atoms with van der Waals surface area (Å²) in [6.45, 7) is 0.765. The van der Waals surface area contributed by atoms with Gasteiger partial charge in [0.2, 0.25) is 0 Å². The van der Waals surface area contributed by atoms with Gasteiger partial charge in [-0.1, -0.05) is 30.3 Å². The molecule has 0 aliphatic carbocycles. The highest BCUT2D eigenvalue weighted by Gasteiger charge is 2.09. The summed E-state index contributed by atoms with van der Waals surface area (Å²) in [4.78, 5) is 6.85. The zero-order valence-corrected chi connectivity index (χ0v) is 9.43. The number of benzene rings is 1. The molecule has 2 rings (SSSR count). The maximum Gasteiger partial charge on any atom is 0.137 e. The van der Waals surface area contributed by atoms with Crippen molar-refractivity contribution in [2.45, 2.75) is 12.5 Å². The first-order valence-corrected chi connectivity index (χ1v) is 5.55. The molecular weight excluding hydrogens is 212 g/mol. The molecule has 0 saturated carbocycles. The SMILES string of the molecule is N#CC(NCCc1ccccc1)c1cnc[nH]1. The number of aromatic amines is 1. The fraction of sp³-hybridized carbons (Fsp3) is 0.231. The quantitative estimate of drug-likeness (QED) is 0.817. The summed E-state index contributed by atoms with van der Waals surface area (Å²) in [7, 11) is 0. The normalized spacial score (nSPS) is 11.9. The first kappa shape index (κ1) is 11.4. The van der Waals surface area contributed by atoms with Gasteiger partial charge in [-0.05, 0) is 12.0 Å². The Morgan fingerprint density at radius 3 is 2.82 bits per heavy atom. The number of hydrogen-bond acceptors (Lipinski definition) is 3. The molecule has 86 valence electrons. The summed E-state index contributed by atoms with van der Waals surface area (Å²) in [6, 6.07) is 12.1. The number of H-pyrrole nitrogens is 1. The van der Waals surface area contributed by atoms with Crippen LogP contribution in [0.25, 0.3) is 0 Å². The van der Waals surface area contributed by atoms with Crippen LogP contribution in [0.5, 0.6) is 0 Å². The van der Waals surface area contributed by atoms with E-state index in [-0.39, 0.29) is 6.04 Å². The molecule has 1 unspecified atom stereocenters. The molecule has 1 aromatic heterocycles. The zero-order valence-electron chi connectivity index (χ0n) is 9.43. The first-order valence-electron chi connectivity index (χ1n) is 5.55. The smallest absolute Gasteiger partial charge is 0.137 e. The van der Waals surface area contributed by atoms with Crippen molar-refractivity contribution < 1.29 is 0 Å². The molecule has 0 amide bonds. The standard InChI is InChI=1S/C13H14N4/c14-8-12(13-9-15-10-17-13)16-7-6-11-4-2-1-3-5-11/h1-5,9-10,12,16H,6-7H2,(H,15,17). The van der Waals surface area contributed by atoms with Crippen molar-refractivity contribution in [2.75, 3.05) is 6.54 Å². The lowest BCUT2D eigenvalue weighted by molar-refractivity contribution is 0.619. The van der Waals surface area contributed by atoms with E-state index < -0.39 is 0 Å². The minimum atomic E-state index is -0.318. The number of nitrogens with one attached hydrogen (secondary N) is 2. The Balaban J connectivity index is 1.84. The molecule has 4 nitrogen and oxygen atoms in total. The molecule has 2 N–H and O–H groups in total. The lowest BCUT2D eigenvalue weighted by Gasteiger charge is -2.09. The Morgan fingerprint density at radius 1 is 1.35 bits per heavy atom. The summed E-state index contributed by atoms with van der Waals surface area (Å²) >= 11 is 0. The molecule has 1 heterocycles. The van der Waals surface area contributed by atoms with E-state index in [1.54, 1.807) is 12.5 Å². The van der Waals surface area contributed by atoms with Crippen LogP contribution in [0.2, 0.25) is 0 Å². The van der Waals surface area contributed by atoms with Crippen molar-refractivity contribution in [3.63, 3.8) is 0 Å². The van der Waals surface area contributed by atoms with E-state index in [0.29, 0.717) is 0 Å². The second-order valence-corrected chi connectivity index (χ2v) is 3.76. The number of nitriles is 1. The maximum atomic E-state index is 9.03. The fourth-order valence-electron chi connectivity index (χ4n) is 1.66. The van der Waals surface area contributed by atoms with E-state index in [0.717, 1.165) is 18.7 Å². The Morgan fingerprint density at radius 2 is 2.18 bits per heavy atom. The van der Waals surface area contributed by atoms with Crippen LogP contribution in [-0.4, -0.2) is 16.5 Å². The van der Waals surface area contributed by atoms with Gasteiger partial charge in [-0.3, -0.25) is 5.32 Å². The van der Waals surface area contributed by atoms with Gasteiger partial charge in [0, 0.05) is 6.54 Å². The monoisotopic (exact) mass is 226 g/mol. The number of aromatic nitrogens is 2. The van der Waals surface area contributed by atoms with Gasteiger partial charge in [0.1, 0.15) is 6.04 Å². The van der Waals surface area contributed by atoms with E-state index in [1.165, 1.54) is 5.56 Å². The van der Waals surface area contributed by atoms with Gasteiger partial charge in [0.05, 0.1) is 24.3 Å². The van der Waals surface area contributed by atoms with Crippen LogP contribution in [0.15, 0.2) is 42.9 Å². The molecule has 0 aliphatic heterocycles. The van der Waals surface area contributed by atoms with E-state index in [1.807, 2.05) is 18.2 Å². The Kier molecular flexibility index (Phi) is 3.90. The van der Waals surface area contributed by atoms with Crippen LogP contribution < -0.4 is 5.32 Å². The molecule has 0 saturated heterocycles. The molecule has 0 fully saturated rings. The van der Waals surface area contributed by atoms with Gasteiger partial charge in [-0.15, -0.1) is 0 Å². The average molecular weight is 226 g/mol. The fourth-order valence-corrected chi connectivity index (χ4v) is 1.66. The van der Waals surface area contributed by atoms with Gasteiger partial charge < -0.3 is 4.98 Å². The largest absolute Gasteiger partial charge is 0.346 e. The van der Waals surface area contributed by atoms with Gasteiger partial charge in [0.25, 0.3) is 0 Å². The van der Waals surface area contributed by atoms with Crippen LogP contribution in [-0.2, 0) is 6.42 Å². The van der Waals surface area contributed by atoms with Crippen molar-refractivity contribution in [2.24, 2.45) is 0 Å². The molecular formula is C13H14N4. The lowest BCUT2D eigenvalue weighted by atomic mass is 10.1. The minimum Gasteiger partial charge on any atom is -0.346 e.